The minimum absolute atomic E-state index is 0.0356. The molecule has 2 aromatic carbocycles. The molecular formula is C21H24N2O5. The van der Waals surface area contributed by atoms with E-state index in [-0.39, 0.29) is 18.9 Å². The first kappa shape index (κ1) is 21.0. The number of amides is 2. The topological polar surface area (TPSA) is 93.7 Å². The van der Waals surface area contributed by atoms with Crippen molar-refractivity contribution in [3.63, 3.8) is 0 Å². The smallest absolute Gasteiger partial charge is 0.309 e. The van der Waals surface area contributed by atoms with Crippen LogP contribution in [0.2, 0.25) is 0 Å². The predicted molar refractivity (Wildman–Crippen MR) is 105 cm³/mol. The van der Waals surface area contributed by atoms with Crippen LogP contribution in [0.4, 0.5) is 5.69 Å². The number of benzene rings is 2. The van der Waals surface area contributed by atoms with E-state index in [1.165, 1.54) is 0 Å². The van der Waals surface area contributed by atoms with E-state index in [1.54, 1.807) is 30.3 Å². The molecular weight excluding hydrogens is 360 g/mol. The molecule has 0 heterocycles. The Labute approximate surface area is 164 Å². The van der Waals surface area contributed by atoms with E-state index >= 15 is 0 Å². The molecule has 0 aliphatic heterocycles. The molecule has 28 heavy (non-hydrogen) atoms. The Hall–Kier alpha value is -3.35. The molecule has 0 spiro atoms. The van der Waals surface area contributed by atoms with Crippen molar-refractivity contribution in [1.82, 2.24) is 5.32 Å². The van der Waals surface area contributed by atoms with Gasteiger partial charge in [0.05, 0.1) is 13.0 Å². The van der Waals surface area contributed by atoms with Crippen molar-refractivity contribution in [2.24, 2.45) is 0 Å². The van der Waals surface area contributed by atoms with Gasteiger partial charge in [-0.1, -0.05) is 18.2 Å². The zero-order valence-corrected chi connectivity index (χ0v) is 16.0. The van der Waals surface area contributed by atoms with Gasteiger partial charge in [0.25, 0.3) is 11.8 Å². The highest BCUT2D eigenvalue weighted by atomic mass is 16.5. The monoisotopic (exact) mass is 384 g/mol. The molecule has 2 N–H and O–H groups in total. The minimum Gasteiger partial charge on any atom is -0.493 e. The molecule has 0 aliphatic rings. The van der Waals surface area contributed by atoms with Crippen LogP contribution < -0.4 is 15.4 Å². The molecule has 0 aliphatic carbocycles. The summed E-state index contributed by atoms with van der Waals surface area (Å²) >= 11 is 0. The Morgan fingerprint density at radius 2 is 1.82 bits per heavy atom. The molecule has 0 unspecified atom stereocenters. The van der Waals surface area contributed by atoms with Crippen molar-refractivity contribution in [1.29, 1.82) is 0 Å². The highest BCUT2D eigenvalue weighted by molar-refractivity contribution is 5.97. The van der Waals surface area contributed by atoms with Gasteiger partial charge in [-0.3, -0.25) is 14.4 Å². The summed E-state index contributed by atoms with van der Waals surface area (Å²) in [6.07, 6.45) is 0.0356. The summed E-state index contributed by atoms with van der Waals surface area (Å²) in [5, 5.41) is 5.28. The summed E-state index contributed by atoms with van der Waals surface area (Å²) in [4.78, 5) is 35.5. The quantitative estimate of drug-likeness (QED) is 0.649. The number of ether oxygens (including phenoxy) is 2. The number of carbonyl (C=O) groups is 3. The van der Waals surface area contributed by atoms with E-state index in [0.717, 1.165) is 5.56 Å². The van der Waals surface area contributed by atoms with Crippen molar-refractivity contribution >= 4 is 23.5 Å². The second-order valence-electron chi connectivity index (χ2n) is 6.06. The van der Waals surface area contributed by atoms with E-state index in [4.69, 9.17) is 9.47 Å². The molecule has 2 rings (SSSR count). The normalized spacial score (nSPS) is 10.1. The van der Waals surface area contributed by atoms with Crippen molar-refractivity contribution in [2.45, 2.75) is 20.3 Å². The summed E-state index contributed by atoms with van der Waals surface area (Å²) in [7, 11) is 0. The van der Waals surface area contributed by atoms with Crippen molar-refractivity contribution in [3.8, 4) is 5.75 Å². The lowest BCUT2D eigenvalue weighted by Gasteiger charge is -2.09. The maximum atomic E-state index is 11.9. The van der Waals surface area contributed by atoms with Crippen LogP contribution in [0.5, 0.6) is 5.75 Å². The molecule has 0 saturated carbocycles. The molecule has 0 aromatic heterocycles. The van der Waals surface area contributed by atoms with Gasteiger partial charge in [-0.15, -0.1) is 0 Å². The van der Waals surface area contributed by atoms with Crippen LogP contribution in [-0.4, -0.2) is 37.5 Å². The Morgan fingerprint density at radius 1 is 1.04 bits per heavy atom. The van der Waals surface area contributed by atoms with Gasteiger partial charge in [-0.05, 0) is 49.7 Å². The van der Waals surface area contributed by atoms with Crippen molar-refractivity contribution in [3.05, 3.63) is 59.7 Å². The third kappa shape index (κ3) is 7.11. The molecule has 0 atom stereocenters. The predicted octanol–water partition coefficient (Wildman–Crippen LogP) is 2.70. The minimum atomic E-state index is -0.529. The Balaban J connectivity index is 1.72. The third-order valence-corrected chi connectivity index (χ3v) is 3.67. The van der Waals surface area contributed by atoms with Crippen LogP contribution in [0.25, 0.3) is 0 Å². The first-order chi connectivity index (χ1) is 13.5. The maximum Gasteiger partial charge on any atom is 0.309 e. The maximum absolute atomic E-state index is 11.9. The molecule has 7 nitrogen and oxygen atoms in total. The highest BCUT2D eigenvalue weighted by Gasteiger charge is 2.10. The van der Waals surface area contributed by atoms with Crippen LogP contribution in [0.3, 0.4) is 0 Å². The van der Waals surface area contributed by atoms with Crippen LogP contribution in [0.1, 0.15) is 29.3 Å². The standard InChI is InChI=1S/C21H24N2O5/c1-3-22-21(26)16-7-5-8-17(13-16)23-19(24)14-28-20(25)10-11-27-18-9-4-6-15(2)12-18/h4-9,12-13H,3,10-11,14H2,1-2H3,(H,22,26)(H,23,24). The van der Waals surface area contributed by atoms with E-state index in [1.807, 2.05) is 32.0 Å². The fourth-order valence-corrected chi connectivity index (χ4v) is 2.37. The number of rotatable bonds is 9. The average molecular weight is 384 g/mol. The molecule has 0 saturated heterocycles. The van der Waals surface area contributed by atoms with E-state index < -0.39 is 18.5 Å². The molecule has 2 aromatic rings. The number of hydrogen-bond acceptors (Lipinski definition) is 5. The van der Waals surface area contributed by atoms with Crippen molar-refractivity contribution in [2.75, 3.05) is 25.1 Å². The van der Waals surface area contributed by atoms with Crippen LogP contribution in [-0.2, 0) is 14.3 Å². The van der Waals surface area contributed by atoms with Gasteiger partial charge in [0.2, 0.25) is 0 Å². The summed E-state index contributed by atoms with van der Waals surface area (Å²) in [6, 6.07) is 14.0. The zero-order chi connectivity index (χ0) is 20.4. The van der Waals surface area contributed by atoms with Gasteiger partial charge in [-0.25, -0.2) is 0 Å². The fraction of sp³-hybridized carbons (Fsp3) is 0.286. The van der Waals surface area contributed by atoms with Crippen LogP contribution >= 0.6 is 0 Å². The molecule has 7 heteroatoms. The Morgan fingerprint density at radius 3 is 2.57 bits per heavy atom. The summed E-state index contributed by atoms with van der Waals surface area (Å²) < 4.78 is 10.4. The Kier molecular flexibility index (Phi) is 8.02. The van der Waals surface area contributed by atoms with Gasteiger partial charge in [0, 0.05) is 17.8 Å². The molecule has 148 valence electrons. The van der Waals surface area contributed by atoms with Gasteiger partial charge < -0.3 is 20.1 Å². The first-order valence-corrected chi connectivity index (χ1v) is 9.01. The average Bonchev–Trinajstić information content (AvgIpc) is 2.67. The van der Waals surface area contributed by atoms with Crippen molar-refractivity contribution < 1.29 is 23.9 Å². The molecule has 2 amide bonds. The number of aryl methyl sites for hydroxylation is 1. The second kappa shape index (κ2) is 10.7. The van der Waals surface area contributed by atoms with E-state index in [2.05, 4.69) is 10.6 Å². The molecule has 0 radical (unpaired) electrons. The summed E-state index contributed by atoms with van der Waals surface area (Å²) in [5.41, 5.74) is 1.95. The van der Waals surface area contributed by atoms with Gasteiger partial charge in [0.1, 0.15) is 5.75 Å². The summed E-state index contributed by atoms with van der Waals surface area (Å²) in [5.74, 6) is -0.559. The first-order valence-electron chi connectivity index (χ1n) is 9.01. The van der Waals surface area contributed by atoms with E-state index in [0.29, 0.717) is 23.5 Å². The fourth-order valence-electron chi connectivity index (χ4n) is 2.37. The van der Waals surface area contributed by atoms with E-state index in [9.17, 15) is 14.4 Å². The number of anilines is 1. The summed E-state index contributed by atoms with van der Waals surface area (Å²) in [6.45, 7) is 4.04. The lowest BCUT2D eigenvalue weighted by Crippen LogP contribution is -2.24. The number of nitrogens with one attached hydrogen (secondary N) is 2. The van der Waals surface area contributed by atoms with Crippen LogP contribution in [0, 0.1) is 6.92 Å². The lowest BCUT2D eigenvalue weighted by atomic mass is 10.2. The Bertz CT molecular complexity index is 835. The van der Waals surface area contributed by atoms with Gasteiger partial charge >= 0.3 is 5.97 Å². The highest BCUT2D eigenvalue weighted by Crippen LogP contribution is 2.13. The molecule has 0 fully saturated rings. The van der Waals surface area contributed by atoms with Crippen LogP contribution in [0.15, 0.2) is 48.5 Å². The third-order valence-electron chi connectivity index (χ3n) is 3.67. The van der Waals surface area contributed by atoms with Gasteiger partial charge in [0.15, 0.2) is 6.61 Å². The second-order valence-corrected chi connectivity index (χ2v) is 6.06. The number of esters is 1. The zero-order valence-electron chi connectivity index (χ0n) is 16.0. The molecule has 0 bridgehead atoms. The van der Waals surface area contributed by atoms with Gasteiger partial charge in [-0.2, -0.15) is 0 Å². The lowest BCUT2D eigenvalue weighted by molar-refractivity contribution is -0.147. The SMILES string of the molecule is CCNC(=O)c1cccc(NC(=O)COC(=O)CCOc2cccc(C)c2)c1. The number of carbonyl (C=O) groups excluding carboxylic acids is 3. The number of hydrogen-bond donors (Lipinski definition) is 2. The largest absolute Gasteiger partial charge is 0.493 e.